The SMILES string of the molecule is CNC(C)Cn1c(=O)[nH]c2ccccc21. The first kappa shape index (κ1) is 9.98. The largest absolute Gasteiger partial charge is 0.326 e. The minimum atomic E-state index is -0.0432. The molecular formula is C11H15N3O. The Kier molecular flexibility index (Phi) is 2.60. The van der Waals surface area contributed by atoms with Gasteiger partial charge in [-0.1, -0.05) is 12.1 Å². The van der Waals surface area contributed by atoms with Gasteiger partial charge < -0.3 is 10.3 Å². The average molecular weight is 205 g/mol. The molecule has 1 heterocycles. The van der Waals surface area contributed by atoms with Gasteiger partial charge in [0.05, 0.1) is 11.0 Å². The number of benzene rings is 1. The second-order valence-corrected chi connectivity index (χ2v) is 3.75. The normalized spacial score (nSPS) is 13.2. The maximum absolute atomic E-state index is 11.7. The van der Waals surface area contributed by atoms with Crippen LogP contribution in [-0.4, -0.2) is 22.6 Å². The lowest BCUT2D eigenvalue weighted by molar-refractivity contribution is 0.515. The fourth-order valence-electron chi connectivity index (χ4n) is 1.65. The summed E-state index contributed by atoms with van der Waals surface area (Å²) in [4.78, 5) is 14.5. The number of nitrogens with zero attached hydrogens (tertiary/aromatic N) is 1. The van der Waals surface area contributed by atoms with Crippen molar-refractivity contribution in [3.05, 3.63) is 34.7 Å². The second kappa shape index (κ2) is 3.90. The lowest BCUT2D eigenvalue weighted by Crippen LogP contribution is -2.31. The first-order valence-electron chi connectivity index (χ1n) is 5.07. The second-order valence-electron chi connectivity index (χ2n) is 3.75. The summed E-state index contributed by atoms with van der Waals surface area (Å²) in [5.74, 6) is 0. The summed E-state index contributed by atoms with van der Waals surface area (Å²) in [5, 5.41) is 3.12. The predicted molar refractivity (Wildman–Crippen MR) is 61.1 cm³/mol. The van der Waals surface area contributed by atoms with Gasteiger partial charge in [0.2, 0.25) is 0 Å². The molecule has 0 radical (unpaired) electrons. The number of hydrogen-bond acceptors (Lipinski definition) is 2. The van der Waals surface area contributed by atoms with E-state index in [1.165, 1.54) is 0 Å². The Bertz CT molecular complexity index is 512. The summed E-state index contributed by atoms with van der Waals surface area (Å²) >= 11 is 0. The molecule has 0 aliphatic heterocycles. The Hall–Kier alpha value is -1.55. The Morgan fingerprint density at radius 2 is 2.20 bits per heavy atom. The number of fused-ring (bicyclic) bond motifs is 1. The molecule has 0 fully saturated rings. The molecule has 0 aliphatic rings. The molecule has 0 bridgehead atoms. The van der Waals surface area contributed by atoms with Crippen LogP contribution in [0.1, 0.15) is 6.92 Å². The number of hydrogen-bond donors (Lipinski definition) is 2. The molecule has 0 spiro atoms. The molecule has 1 unspecified atom stereocenters. The van der Waals surface area contributed by atoms with Crippen LogP contribution in [-0.2, 0) is 6.54 Å². The summed E-state index contributed by atoms with van der Waals surface area (Å²) in [6.45, 7) is 2.73. The smallest absolute Gasteiger partial charge is 0.315 e. The van der Waals surface area contributed by atoms with Crippen LogP contribution in [0.2, 0.25) is 0 Å². The Labute approximate surface area is 87.9 Å². The molecule has 2 aromatic rings. The number of para-hydroxylation sites is 2. The van der Waals surface area contributed by atoms with Gasteiger partial charge in [-0.15, -0.1) is 0 Å². The van der Waals surface area contributed by atoms with E-state index in [1.807, 2.05) is 38.2 Å². The Balaban J connectivity index is 2.50. The van der Waals surface area contributed by atoms with Gasteiger partial charge in [0.1, 0.15) is 0 Å². The van der Waals surface area contributed by atoms with Crippen molar-refractivity contribution in [3.8, 4) is 0 Å². The van der Waals surface area contributed by atoms with Gasteiger partial charge in [0.25, 0.3) is 0 Å². The zero-order valence-electron chi connectivity index (χ0n) is 8.95. The van der Waals surface area contributed by atoms with Crippen LogP contribution < -0.4 is 11.0 Å². The van der Waals surface area contributed by atoms with Crippen LogP contribution in [0.15, 0.2) is 29.1 Å². The maximum Gasteiger partial charge on any atom is 0.326 e. The van der Waals surface area contributed by atoms with E-state index in [4.69, 9.17) is 0 Å². The molecule has 2 N–H and O–H groups in total. The molecule has 15 heavy (non-hydrogen) atoms. The van der Waals surface area contributed by atoms with E-state index in [1.54, 1.807) is 4.57 Å². The molecule has 0 amide bonds. The highest BCUT2D eigenvalue weighted by molar-refractivity contribution is 5.74. The van der Waals surface area contributed by atoms with E-state index in [9.17, 15) is 4.79 Å². The van der Waals surface area contributed by atoms with Gasteiger partial charge in [-0.05, 0) is 26.1 Å². The number of aromatic amines is 1. The number of aromatic nitrogens is 2. The molecule has 0 saturated heterocycles. The third kappa shape index (κ3) is 1.80. The van der Waals surface area contributed by atoms with Gasteiger partial charge in [0.15, 0.2) is 0 Å². The van der Waals surface area contributed by atoms with Gasteiger partial charge >= 0.3 is 5.69 Å². The minimum absolute atomic E-state index is 0.0432. The quantitative estimate of drug-likeness (QED) is 0.783. The summed E-state index contributed by atoms with van der Waals surface area (Å²) in [5.41, 5.74) is 1.81. The van der Waals surface area contributed by atoms with E-state index in [2.05, 4.69) is 10.3 Å². The third-order valence-electron chi connectivity index (χ3n) is 2.63. The van der Waals surface area contributed by atoms with E-state index in [0.29, 0.717) is 6.54 Å². The van der Waals surface area contributed by atoms with E-state index in [0.717, 1.165) is 11.0 Å². The number of likely N-dealkylation sites (N-methyl/N-ethyl adjacent to an activating group) is 1. The van der Waals surface area contributed by atoms with Crippen molar-refractivity contribution in [2.75, 3.05) is 7.05 Å². The van der Waals surface area contributed by atoms with Crippen LogP contribution in [0.4, 0.5) is 0 Å². The number of imidazole rings is 1. The van der Waals surface area contributed by atoms with Crippen molar-refractivity contribution in [1.82, 2.24) is 14.9 Å². The Morgan fingerprint density at radius 1 is 1.47 bits per heavy atom. The highest BCUT2D eigenvalue weighted by atomic mass is 16.1. The summed E-state index contributed by atoms with van der Waals surface area (Å²) in [7, 11) is 1.89. The van der Waals surface area contributed by atoms with Crippen LogP contribution in [0.25, 0.3) is 11.0 Å². The molecule has 0 aliphatic carbocycles. The molecular weight excluding hydrogens is 190 g/mol. The average Bonchev–Trinajstić information content (AvgIpc) is 2.55. The molecule has 1 aromatic carbocycles. The lowest BCUT2D eigenvalue weighted by atomic mass is 10.3. The zero-order valence-corrected chi connectivity index (χ0v) is 8.95. The number of nitrogens with one attached hydrogen (secondary N) is 2. The van der Waals surface area contributed by atoms with Crippen LogP contribution in [0.3, 0.4) is 0 Å². The molecule has 2 rings (SSSR count). The van der Waals surface area contributed by atoms with Crippen LogP contribution in [0.5, 0.6) is 0 Å². The van der Waals surface area contributed by atoms with Gasteiger partial charge in [-0.25, -0.2) is 4.79 Å². The summed E-state index contributed by atoms with van der Waals surface area (Å²) in [6, 6.07) is 8.01. The fourth-order valence-corrected chi connectivity index (χ4v) is 1.65. The summed E-state index contributed by atoms with van der Waals surface area (Å²) in [6.07, 6.45) is 0. The van der Waals surface area contributed by atoms with E-state index in [-0.39, 0.29) is 11.7 Å². The van der Waals surface area contributed by atoms with Crippen molar-refractivity contribution in [2.24, 2.45) is 0 Å². The van der Waals surface area contributed by atoms with Crippen molar-refractivity contribution in [2.45, 2.75) is 19.5 Å². The monoisotopic (exact) mass is 205 g/mol. The molecule has 1 aromatic heterocycles. The highest BCUT2D eigenvalue weighted by Crippen LogP contribution is 2.08. The highest BCUT2D eigenvalue weighted by Gasteiger charge is 2.07. The maximum atomic E-state index is 11.7. The zero-order chi connectivity index (χ0) is 10.8. The molecule has 4 heteroatoms. The van der Waals surface area contributed by atoms with Gasteiger partial charge in [0, 0.05) is 12.6 Å². The van der Waals surface area contributed by atoms with Crippen molar-refractivity contribution >= 4 is 11.0 Å². The van der Waals surface area contributed by atoms with Crippen molar-refractivity contribution < 1.29 is 0 Å². The van der Waals surface area contributed by atoms with Crippen molar-refractivity contribution in [1.29, 1.82) is 0 Å². The number of H-pyrrole nitrogens is 1. The molecule has 80 valence electrons. The first-order chi connectivity index (χ1) is 7.22. The predicted octanol–water partition coefficient (Wildman–Crippen LogP) is 0.937. The third-order valence-corrected chi connectivity index (χ3v) is 2.63. The molecule has 0 saturated carbocycles. The summed E-state index contributed by atoms with van der Waals surface area (Å²) < 4.78 is 1.76. The Morgan fingerprint density at radius 3 is 2.93 bits per heavy atom. The van der Waals surface area contributed by atoms with Gasteiger partial charge in [-0.3, -0.25) is 4.57 Å². The minimum Gasteiger partial charge on any atom is -0.315 e. The van der Waals surface area contributed by atoms with Crippen molar-refractivity contribution in [3.63, 3.8) is 0 Å². The topological polar surface area (TPSA) is 49.8 Å². The van der Waals surface area contributed by atoms with Crippen LogP contribution in [0, 0.1) is 0 Å². The van der Waals surface area contributed by atoms with Gasteiger partial charge in [-0.2, -0.15) is 0 Å². The first-order valence-corrected chi connectivity index (χ1v) is 5.07. The lowest BCUT2D eigenvalue weighted by Gasteiger charge is -2.10. The standard InChI is InChI=1S/C11H15N3O/c1-8(12-2)7-14-10-6-4-3-5-9(10)13-11(14)15/h3-6,8,12H,7H2,1-2H3,(H,13,15). The van der Waals surface area contributed by atoms with E-state index < -0.39 is 0 Å². The van der Waals surface area contributed by atoms with Crippen LogP contribution >= 0.6 is 0 Å². The van der Waals surface area contributed by atoms with E-state index >= 15 is 0 Å². The fraction of sp³-hybridized carbons (Fsp3) is 0.364. The number of rotatable bonds is 3. The molecule has 4 nitrogen and oxygen atoms in total. The molecule has 1 atom stereocenters.